The molecule has 0 aliphatic rings. The van der Waals surface area contributed by atoms with E-state index in [4.69, 9.17) is 9.15 Å². The number of methoxy groups -OCH3 is 1. The molecular formula is C21H23N3O5. The number of H-pyrrole nitrogens is 1. The average molecular weight is 397 g/mol. The first kappa shape index (κ1) is 20.3. The second kappa shape index (κ2) is 8.72. The highest BCUT2D eigenvalue weighted by Gasteiger charge is 2.18. The van der Waals surface area contributed by atoms with Crippen LogP contribution in [0.1, 0.15) is 40.5 Å². The van der Waals surface area contributed by atoms with E-state index in [2.05, 4.69) is 9.97 Å². The van der Waals surface area contributed by atoms with Gasteiger partial charge in [0, 0.05) is 19.9 Å². The minimum atomic E-state index is -0.469. The number of nitrogens with one attached hydrogen (secondary N) is 1. The Morgan fingerprint density at radius 3 is 2.79 bits per heavy atom. The standard InChI is InChI=1S/C21H23N3O5/c1-13-16(21(27)28-3)11-14(29-13)12-24(2)19(25)10-6-9-18-22-17-8-5-4-7-15(17)20(26)23-18/h4-5,7-8,11H,6,9-10,12H2,1-3H3,(H,22,23,26). The van der Waals surface area contributed by atoms with Gasteiger partial charge in [0.1, 0.15) is 22.9 Å². The van der Waals surface area contributed by atoms with Crippen molar-refractivity contribution in [2.24, 2.45) is 0 Å². The Bertz CT molecular complexity index is 1100. The van der Waals surface area contributed by atoms with Gasteiger partial charge in [0.15, 0.2) is 0 Å². The number of carbonyl (C=O) groups is 2. The molecule has 0 aliphatic heterocycles. The van der Waals surface area contributed by atoms with Crippen molar-refractivity contribution in [3.05, 3.63) is 63.6 Å². The summed E-state index contributed by atoms with van der Waals surface area (Å²) >= 11 is 0. The quantitative estimate of drug-likeness (QED) is 0.615. The molecule has 8 nitrogen and oxygen atoms in total. The lowest BCUT2D eigenvalue weighted by Gasteiger charge is -2.15. The molecule has 1 N–H and O–H groups in total. The number of esters is 1. The maximum absolute atomic E-state index is 12.4. The first-order valence-corrected chi connectivity index (χ1v) is 9.28. The van der Waals surface area contributed by atoms with Crippen LogP contribution in [0.5, 0.6) is 0 Å². The van der Waals surface area contributed by atoms with Gasteiger partial charge in [-0.25, -0.2) is 9.78 Å². The molecule has 29 heavy (non-hydrogen) atoms. The summed E-state index contributed by atoms with van der Waals surface area (Å²) in [6, 6.07) is 8.74. The minimum Gasteiger partial charge on any atom is -0.465 e. The van der Waals surface area contributed by atoms with Crippen LogP contribution in [-0.2, 0) is 22.5 Å². The minimum absolute atomic E-state index is 0.0678. The number of nitrogens with zero attached hydrogens (tertiary/aromatic N) is 2. The maximum Gasteiger partial charge on any atom is 0.341 e. The fourth-order valence-electron chi connectivity index (χ4n) is 3.11. The van der Waals surface area contributed by atoms with E-state index in [0.29, 0.717) is 53.1 Å². The average Bonchev–Trinajstić information content (AvgIpc) is 3.07. The van der Waals surface area contributed by atoms with Gasteiger partial charge in [0.2, 0.25) is 5.91 Å². The summed E-state index contributed by atoms with van der Waals surface area (Å²) in [6.07, 6.45) is 1.34. The van der Waals surface area contributed by atoms with Gasteiger partial charge >= 0.3 is 5.97 Å². The molecule has 0 aliphatic carbocycles. The third-order valence-electron chi connectivity index (χ3n) is 4.66. The second-order valence-electron chi connectivity index (χ2n) is 6.81. The fourth-order valence-corrected chi connectivity index (χ4v) is 3.11. The normalized spacial score (nSPS) is 10.9. The molecule has 3 aromatic rings. The lowest BCUT2D eigenvalue weighted by Crippen LogP contribution is -2.26. The molecule has 152 valence electrons. The highest BCUT2D eigenvalue weighted by molar-refractivity contribution is 5.90. The Hall–Kier alpha value is -3.42. The number of aryl methyl sites for hydroxylation is 2. The predicted octanol–water partition coefficient (Wildman–Crippen LogP) is 2.59. The Labute approximate surface area is 167 Å². The van der Waals surface area contributed by atoms with Crippen molar-refractivity contribution in [1.82, 2.24) is 14.9 Å². The van der Waals surface area contributed by atoms with E-state index in [1.54, 1.807) is 38.2 Å². The molecule has 0 spiro atoms. The van der Waals surface area contributed by atoms with Crippen molar-refractivity contribution in [2.75, 3.05) is 14.2 Å². The summed E-state index contributed by atoms with van der Waals surface area (Å²) in [5.74, 6) is 0.997. The molecule has 0 fully saturated rings. The number of benzene rings is 1. The number of furan rings is 1. The van der Waals surface area contributed by atoms with Gasteiger partial charge in [0.05, 0.1) is 24.6 Å². The van der Waals surface area contributed by atoms with E-state index in [1.807, 2.05) is 6.07 Å². The molecule has 0 saturated heterocycles. The van der Waals surface area contributed by atoms with Crippen molar-refractivity contribution >= 4 is 22.8 Å². The summed E-state index contributed by atoms with van der Waals surface area (Å²) in [4.78, 5) is 44.9. The molecule has 0 bridgehead atoms. The highest BCUT2D eigenvalue weighted by atomic mass is 16.5. The van der Waals surface area contributed by atoms with Gasteiger partial charge < -0.3 is 19.0 Å². The lowest BCUT2D eigenvalue weighted by molar-refractivity contribution is -0.130. The van der Waals surface area contributed by atoms with Crippen LogP contribution in [0.4, 0.5) is 0 Å². The number of hydrogen-bond acceptors (Lipinski definition) is 6. The summed E-state index contributed by atoms with van der Waals surface area (Å²) in [5, 5.41) is 0.548. The van der Waals surface area contributed by atoms with E-state index in [1.165, 1.54) is 12.0 Å². The number of amides is 1. The van der Waals surface area contributed by atoms with E-state index >= 15 is 0 Å². The molecule has 0 radical (unpaired) electrons. The largest absolute Gasteiger partial charge is 0.465 e. The third kappa shape index (κ3) is 4.71. The van der Waals surface area contributed by atoms with Crippen molar-refractivity contribution in [2.45, 2.75) is 32.7 Å². The van der Waals surface area contributed by atoms with Crippen LogP contribution in [0.2, 0.25) is 0 Å². The predicted molar refractivity (Wildman–Crippen MR) is 107 cm³/mol. The molecular weight excluding hydrogens is 374 g/mol. The number of para-hydroxylation sites is 1. The Balaban J connectivity index is 1.55. The Kier molecular flexibility index (Phi) is 6.11. The number of aromatic amines is 1. The summed E-state index contributed by atoms with van der Waals surface area (Å²) in [7, 11) is 2.98. The first-order valence-electron chi connectivity index (χ1n) is 9.28. The zero-order chi connectivity index (χ0) is 21.0. The zero-order valence-electron chi connectivity index (χ0n) is 16.7. The molecule has 3 rings (SSSR count). The summed E-state index contributed by atoms with van der Waals surface area (Å²) < 4.78 is 10.2. The van der Waals surface area contributed by atoms with Crippen molar-refractivity contribution < 1.29 is 18.7 Å². The molecule has 2 aromatic heterocycles. The van der Waals surface area contributed by atoms with Gasteiger partial charge in [-0.05, 0) is 31.5 Å². The van der Waals surface area contributed by atoms with Gasteiger partial charge in [0.25, 0.3) is 5.56 Å². The van der Waals surface area contributed by atoms with Crippen LogP contribution in [0.15, 0.2) is 39.5 Å². The lowest BCUT2D eigenvalue weighted by atomic mass is 10.2. The third-order valence-corrected chi connectivity index (χ3v) is 4.66. The van der Waals surface area contributed by atoms with E-state index in [9.17, 15) is 14.4 Å². The number of aromatic nitrogens is 2. The SMILES string of the molecule is COC(=O)c1cc(CN(C)C(=O)CCCc2nc3ccccc3c(=O)[nH]2)oc1C. The molecule has 8 heteroatoms. The van der Waals surface area contributed by atoms with Crippen molar-refractivity contribution in [3.8, 4) is 0 Å². The van der Waals surface area contributed by atoms with E-state index < -0.39 is 5.97 Å². The number of carbonyl (C=O) groups excluding carboxylic acids is 2. The molecule has 0 unspecified atom stereocenters. The highest BCUT2D eigenvalue weighted by Crippen LogP contribution is 2.17. The van der Waals surface area contributed by atoms with Crippen LogP contribution < -0.4 is 5.56 Å². The summed E-state index contributed by atoms with van der Waals surface area (Å²) in [5.41, 5.74) is 0.822. The monoisotopic (exact) mass is 397 g/mol. The topological polar surface area (TPSA) is 105 Å². The summed E-state index contributed by atoms with van der Waals surface area (Å²) in [6.45, 7) is 1.93. The molecule has 0 atom stereocenters. The van der Waals surface area contributed by atoms with Crippen molar-refractivity contribution in [1.29, 1.82) is 0 Å². The van der Waals surface area contributed by atoms with Gasteiger partial charge in [-0.2, -0.15) is 0 Å². The number of rotatable bonds is 7. The van der Waals surface area contributed by atoms with Crippen LogP contribution in [0.3, 0.4) is 0 Å². The Morgan fingerprint density at radius 2 is 2.03 bits per heavy atom. The van der Waals surface area contributed by atoms with Gasteiger partial charge in [-0.3, -0.25) is 9.59 Å². The van der Waals surface area contributed by atoms with Gasteiger partial charge in [-0.1, -0.05) is 12.1 Å². The number of hydrogen-bond donors (Lipinski definition) is 1. The van der Waals surface area contributed by atoms with E-state index in [-0.39, 0.29) is 18.0 Å². The number of fused-ring (bicyclic) bond motifs is 1. The number of ether oxygens (including phenoxy) is 1. The van der Waals surface area contributed by atoms with Crippen LogP contribution >= 0.6 is 0 Å². The molecule has 2 heterocycles. The molecule has 1 amide bonds. The van der Waals surface area contributed by atoms with E-state index in [0.717, 1.165) is 0 Å². The maximum atomic E-state index is 12.4. The first-order chi connectivity index (χ1) is 13.9. The second-order valence-corrected chi connectivity index (χ2v) is 6.81. The molecule has 1 aromatic carbocycles. The molecule has 0 saturated carbocycles. The fraction of sp³-hybridized carbons (Fsp3) is 0.333. The Morgan fingerprint density at radius 1 is 1.28 bits per heavy atom. The zero-order valence-corrected chi connectivity index (χ0v) is 16.7. The smallest absolute Gasteiger partial charge is 0.341 e. The van der Waals surface area contributed by atoms with Crippen LogP contribution in [0.25, 0.3) is 10.9 Å². The van der Waals surface area contributed by atoms with Crippen LogP contribution in [-0.4, -0.2) is 40.9 Å². The van der Waals surface area contributed by atoms with Crippen LogP contribution in [0, 0.1) is 6.92 Å². The van der Waals surface area contributed by atoms with Gasteiger partial charge in [-0.15, -0.1) is 0 Å². The van der Waals surface area contributed by atoms with Crippen molar-refractivity contribution in [3.63, 3.8) is 0 Å².